The predicted octanol–water partition coefficient (Wildman–Crippen LogP) is 5.06. The molecule has 3 aromatic heterocycles. The molecule has 2 aromatic carbocycles. The number of aromatic nitrogens is 4. The fourth-order valence-electron chi connectivity index (χ4n) is 3.27. The summed E-state index contributed by atoms with van der Waals surface area (Å²) in [6, 6.07) is 20.6. The van der Waals surface area contributed by atoms with Gasteiger partial charge in [0.05, 0.1) is 10.6 Å². The average Bonchev–Trinajstić information content (AvgIpc) is 3.50. The number of fused-ring (bicyclic) bond motifs is 1. The van der Waals surface area contributed by atoms with Crippen molar-refractivity contribution >= 4 is 28.6 Å². The van der Waals surface area contributed by atoms with E-state index in [1.54, 1.807) is 28.8 Å². The summed E-state index contributed by atoms with van der Waals surface area (Å²) in [5.41, 5.74) is 2.80. The number of halogens is 1. The van der Waals surface area contributed by atoms with Crippen LogP contribution in [0.3, 0.4) is 0 Å². The number of nitrogens with one attached hydrogen (secondary N) is 1. The van der Waals surface area contributed by atoms with Crippen molar-refractivity contribution in [1.82, 2.24) is 19.8 Å². The van der Waals surface area contributed by atoms with Gasteiger partial charge in [-0.15, -0.1) is 21.5 Å². The summed E-state index contributed by atoms with van der Waals surface area (Å²) in [5.74, 6) is 0.412. The first kappa shape index (κ1) is 20.8. The molecule has 0 radical (unpaired) electrons. The molecule has 0 spiro atoms. The Morgan fingerprint density at radius 3 is 2.70 bits per heavy atom. The second-order valence-corrected chi connectivity index (χ2v) is 8.22. The number of carbonyl (C=O) groups excluding carboxylic acids is 1. The summed E-state index contributed by atoms with van der Waals surface area (Å²) in [7, 11) is 0. The number of benzene rings is 2. The standard InChI is InChI=1S/C24H18FN5O2S/c1-15(32-19-9-7-17(25)8-10-19)24(31)26-18-5-2-4-16(14-18)20-11-12-22-27-28-23(30(22)29-20)21-6-3-13-33-21/h2-15H,1H3,(H,26,31). The summed E-state index contributed by atoms with van der Waals surface area (Å²) >= 11 is 1.57. The largest absolute Gasteiger partial charge is 0.481 e. The molecule has 1 N–H and O–H groups in total. The predicted molar refractivity (Wildman–Crippen MR) is 125 cm³/mol. The van der Waals surface area contributed by atoms with Gasteiger partial charge in [0.1, 0.15) is 11.6 Å². The van der Waals surface area contributed by atoms with Crippen LogP contribution < -0.4 is 10.1 Å². The summed E-state index contributed by atoms with van der Waals surface area (Å²) in [5, 5.41) is 18.0. The van der Waals surface area contributed by atoms with Crippen LogP contribution in [0.25, 0.3) is 27.6 Å². The van der Waals surface area contributed by atoms with Crippen molar-refractivity contribution in [2.45, 2.75) is 13.0 Å². The highest BCUT2D eigenvalue weighted by atomic mass is 32.1. The Balaban J connectivity index is 1.35. The number of hydrogen-bond acceptors (Lipinski definition) is 6. The topological polar surface area (TPSA) is 81.4 Å². The summed E-state index contributed by atoms with van der Waals surface area (Å²) in [6.45, 7) is 1.64. The molecule has 9 heteroatoms. The highest BCUT2D eigenvalue weighted by Crippen LogP contribution is 2.26. The molecule has 5 aromatic rings. The third-order valence-electron chi connectivity index (χ3n) is 4.93. The first-order valence-corrected chi connectivity index (χ1v) is 11.0. The van der Waals surface area contributed by atoms with E-state index >= 15 is 0 Å². The van der Waals surface area contributed by atoms with Crippen molar-refractivity contribution in [2.24, 2.45) is 0 Å². The van der Waals surface area contributed by atoms with E-state index in [1.165, 1.54) is 24.3 Å². The van der Waals surface area contributed by atoms with Crippen molar-refractivity contribution in [1.29, 1.82) is 0 Å². The molecule has 0 aliphatic carbocycles. The smallest absolute Gasteiger partial charge is 0.265 e. The molecule has 1 unspecified atom stereocenters. The van der Waals surface area contributed by atoms with Gasteiger partial charge in [-0.2, -0.15) is 9.61 Å². The molecule has 7 nitrogen and oxygen atoms in total. The zero-order chi connectivity index (χ0) is 22.8. The lowest BCUT2D eigenvalue weighted by molar-refractivity contribution is -0.122. The second-order valence-electron chi connectivity index (χ2n) is 7.27. The number of anilines is 1. The molecule has 0 aliphatic heterocycles. The first-order valence-electron chi connectivity index (χ1n) is 10.2. The Bertz CT molecular complexity index is 1420. The fraction of sp³-hybridized carbons (Fsp3) is 0.0833. The Hall–Kier alpha value is -4.11. The van der Waals surface area contributed by atoms with Crippen molar-refractivity contribution in [3.05, 3.63) is 84.0 Å². The number of thiophene rings is 1. The molecule has 0 saturated heterocycles. The normalized spacial score (nSPS) is 11.9. The zero-order valence-corrected chi connectivity index (χ0v) is 18.3. The molecule has 5 rings (SSSR count). The van der Waals surface area contributed by atoms with Crippen LogP contribution in [-0.4, -0.2) is 31.8 Å². The zero-order valence-electron chi connectivity index (χ0n) is 17.5. The first-order chi connectivity index (χ1) is 16.1. The van der Waals surface area contributed by atoms with Gasteiger partial charge in [-0.1, -0.05) is 18.2 Å². The molecule has 33 heavy (non-hydrogen) atoms. The lowest BCUT2D eigenvalue weighted by Gasteiger charge is -2.15. The monoisotopic (exact) mass is 459 g/mol. The Kier molecular flexibility index (Phi) is 5.54. The van der Waals surface area contributed by atoms with Crippen LogP contribution >= 0.6 is 11.3 Å². The Morgan fingerprint density at radius 2 is 1.91 bits per heavy atom. The second kappa shape index (κ2) is 8.79. The van der Waals surface area contributed by atoms with E-state index in [1.807, 2.05) is 47.8 Å². The van der Waals surface area contributed by atoms with E-state index in [2.05, 4.69) is 15.5 Å². The molecule has 3 heterocycles. The molecule has 0 bridgehead atoms. The van der Waals surface area contributed by atoms with Crippen molar-refractivity contribution in [2.75, 3.05) is 5.32 Å². The third kappa shape index (κ3) is 4.44. The van der Waals surface area contributed by atoms with Gasteiger partial charge in [0.25, 0.3) is 5.91 Å². The van der Waals surface area contributed by atoms with Gasteiger partial charge in [0, 0.05) is 11.3 Å². The molecule has 0 saturated carbocycles. The van der Waals surface area contributed by atoms with Crippen LogP contribution in [0.15, 0.2) is 78.2 Å². The van der Waals surface area contributed by atoms with Gasteiger partial charge < -0.3 is 10.1 Å². The van der Waals surface area contributed by atoms with E-state index in [9.17, 15) is 9.18 Å². The molecular weight excluding hydrogens is 441 g/mol. The van der Waals surface area contributed by atoms with Gasteiger partial charge >= 0.3 is 0 Å². The van der Waals surface area contributed by atoms with Gasteiger partial charge in [-0.05, 0) is 66.9 Å². The van der Waals surface area contributed by atoms with Gasteiger partial charge in [0.2, 0.25) is 0 Å². The fourth-order valence-corrected chi connectivity index (χ4v) is 3.97. The number of ether oxygens (including phenoxy) is 1. The van der Waals surface area contributed by atoms with Gasteiger partial charge in [-0.25, -0.2) is 4.39 Å². The van der Waals surface area contributed by atoms with Gasteiger partial charge in [-0.3, -0.25) is 4.79 Å². The third-order valence-corrected chi connectivity index (χ3v) is 5.79. The summed E-state index contributed by atoms with van der Waals surface area (Å²) in [6.07, 6.45) is -0.765. The molecule has 1 amide bonds. The minimum absolute atomic E-state index is 0.321. The molecule has 0 aliphatic rings. The maximum Gasteiger partial charge on any atom is 0.265 e. The summed E-state index contributed by atoms with van der Waals surface area (Å²) in [4.78, 5) is 13.6. The van der Waals surface area contributed by atoms with Crippen LogP contribution in [0.5, 0.6) is 5.75 Å². The van der Waals surface area contributed by atoms with Crippen molar-refractivity contribution in [3.63, 3.8) is 0 Å². The van der Waals surface area contributed by atoms with Crippen molar-refractivity contribution in [3.8, 4) is 27.7 Å². The van der Waals surface area contributed by atoms with E-state index in [0.717, 1.165) is 10.4 Å². The number of nitrogens with zero attached hydrogens (tertiary/aromatic N) is 4. The van der Waals surface area contributed by atoms with E-state index < -0.39 is 6.10 Å². The maximum absolute atomic E-state index is 13.1. The van der Waals surface area contributed by atoms with Crippen LogP contribution in [0, 0.1) is 5.82 Å². The van der Waals surface area contributed by atoms with Crippen LogP contribution in [-0.2, 0) is 4.79 Å². The molecule has 0 fully saturated rings. The molecular formula is C24H18FN5O2S. The number of hydrogen-bond donors (Lipinski definition) is 1. The number of rotatable bonds is 6. The highest BCUT2D eigenvalue weighted by Gasteiger charge is 2.16. The van der Waals surface area contributed by atoms with Crippen LogP contribution in [0.1, 0.15) is 6.92 Å². The molecule has 164 valence electrons. The van der Waals surface area contributed by atoms with E-state index in [-0.39, 0.29) is 11.7 Å². The minimum Gasteiger partial charge on any atom is -0.481 e. The van der Waals surface area contributed by atoms with E-state index in [0.29, 0.717) is 28.6 Å². The SMILES string of the molecule is CC(Oc1ccc(F)cc1)C(=O)Nc1cccc(-c2ccc3nnc(-c4cccs4)n3n2)c1. The Labute approximate surface area is 192 Å². The lowest BCUT2D eigenvalue weighted by atomic mass is 10.1. The highest BCUT2D eigenvalue weighted by molar-refractivity contribution is 7.13. The van der Waals surface area contributed by atoms with Crippen LogP contribution in [0.2, 0.25) is 0 Å². The summed E-state index contributed by atoms with van der Waals surface area (Å²) < 4.78 is 20.4. The van der Waals surface area contributed by atoms with Crippen LogP contribution in [0.4, 0.5) is 10.1 Å². The lowest BCUT2D eigenvalue weighted by Crippen LogP contribution is -2.30. The quantitative estimate of drug-likeness (QED) is 0.384. The van der Waals surface area contributed by atoms with Gasteiger partial charge in [0.15, 0.2) is 17.6 Å². The van der Waals surface area contributed by atoms with Crippen molar-refractivity contribution < 1.29 is 13.9 Å². The minimum atomic E-state index is -0.765. The average molecular weight is 460 g/mol. The Morgan fingerprint density at radius 1 is 1.06 bits per heavy atom. The molecule has 1 atom stereocenters. The number of carbonyl (C=O) groups is 1. The van der Waals surface area contributed by atoms with E-state index in [4.69, 9.17) is 9.84 Å². The number of amides is 1. The maximum atomic E-state index is 13.1.